The molecule has 15 heteroatoms. The van der Waals surface area contributed by atoms with Gasteiger partial charge >= 0.3 is 6.61 Å². The zero-order valence-corrected chi connectivity index (χ0v) is 23.1. The molecule has 5 heterocycles. The topological polar surface area (TPSA) is 119 Å². The Morgan fingerprint density at radius 2 is 2.05 bits per heavy atom. The molecule has 0 unspecified atom stereocenters. The predicted octanol–water partition coefficient (Wildman–Crippen LogP) is 3.21. The van der Waals surface area contributed by atoms with Crippen molar-refractivity contribution in [2.24, 2.45) is 0 Å². The molecule has 4 aromatic rings. The van der Waals surface area contributed by atoms with Gasteiger partial charge in [-0.2, -0.15) is 19.0 Å². The maximum Gasteiger partial charge on any atom is 0.387 e. The average Bonchev–Trinajstić information content (AvgIpc) is 3.70. The van der Waals surface area contributed by atoms with Crippen LogP contribution in [0.5, 0.6) is 5.75 Å². The van der Waals surface area contributed by atoms with Crippen LogP contribution in [0.3, 0.4) is 0 Å². The molecule has 0 aliphatic carbocycles. The fourth-order valence-corrected chi connectivity index (χ4v) is 5.35. The third-order valence-corrected chi connectivity index (χ3v) is 7.53. The van der Waals surface area contributed by atoms with Crippen LogP contribution in [0.4, 0.5) is 14.5 Å². The number of ether oxygens (including phenoxy) is 2. The lowest BCUT2D eigenvalue weighted by Crippen LogP contribution is -2.42. The van der Waals surface area contributed by atoms with E-state index in [0.717, 1.165) is 19.6 Å². The molecule has 220 valence electrons. The molecule has 0 saturated carbocycles. The minimum absolute atomic E-state index is 0.114. The van der Waals surface area contributed by atoms with E-state index in [-0.39, 0.29) is 39.2 Å². The van der Waals surface area contributed by atoms with Crippen LogP contribution in [0.25, 0.3) is 16.9 Å². The second-order valence-electron chi connectivity index (χ2n) is 9.87. The number of morpholine rings is 1. The first-order valence-corrected chi connectivity index (χ1v) is 13.8. The number of halogens is 3. The lowest BCUT2D eigenvalue weighted by molar-refractivity contribution is -0.130. The molecule has 0 radical (unpaired) electrons. The number of carbonyl (C=O) groups excluding carboxylic acids is 2. The van der Waals surface area contributed by atoms with E-state index in [1.54, 1.807) is 17.2 Å². The summed E-state index contributed by atoms with van der Waals surface area (Å²) < 4.78 is 39.6. The fourth-order valence-electron chi connectivity index (χ4n) is 5.18. The van der Waals surface area contributed by atoms with E-state index in [1.165, 1.54) is 46.0 Å². The summed E-state index contributed by atoms with van der Waals surface area (Å²) >= 11 is 6.23. The Hall–Kier alpha value is -4.14. The van der Waals surface area contributed by atoms with Crippen molar-refractivity contribution in [3.63, 3.8) is 0 Å². The number of amides is 2. The van der Waals surface area contributed by atoms with Crippen LogP contribution in [-0.4, -0.2) is 98.5 Å². The van der Waals surface area contributed by atoms with Gasteiger partial charge in [-0.15, -0.1) is 0 Å². The van der Waals surface area contributed by atoms with E-state index in [4.69, 9.17) is 21.1 Å². The van der Waals surface area contributed by atoms with Gasteiger partial charge < -0.3 is 19.7 Å². The van der Waals surface area contributed by atoms with Crippen molar-refractivity contribution in [2.45, 2.75) is 19.1 Å². The van der Waals surface area contributed by atoms with E-state index < -0.39 is 18.6 Å². The van der Waals surface area contributed by atoms with E-state index in [0.29, 0.717) is 38.4 Å². The Morgan fingerprint density at radius 3 is 2.86 bits per heavy atom. The van der Waals surface area contributed by atoms with Gasteiger partial charge in [-0.25, -0.2) is 9.50 Å². The Kier molecular flexibility index (Phi) is 8.00. The van der Waals surface area contributed by atoms with Gasteiger partial charge in [0.1, 0.15) is 23.0 Å². The predicted molar refractivity (Wildman–Crippen MR) is 148 cm³/mol. The van der Waals surface area contributed by atoms with Gasteiger partial charge in [-0.05, 0) is 30.7 Å². The maximum absolute atomic E-state index is 13.4. The molecular formula is C27H27ClF2N8O4. The highest BCUT2D eigenvalue weighted by molar-refractivity contribution is 6.31. The summed E-state index contributed by atoms with van der Waals surface area (Å²) in [6.07, 6.45) is 6.57. The highest BCUT2D eigenvalue weighted by atomic mass is 35.5. The Labute approximate surface area is 243 Å². The van der Waals surface area contributed by atoms with Crippen molar-refractivity contribution in [3.05, 3.63) is 59.6 Å². The molecule has 2 saturated heterocycles. The number of fused-ring (bicyclic) bond motifs is 1. The van der Waals surface area contributed by atoms with Gasteiger partial charge in [0, 0.05) is 55.7 Å². The van der Waals surface area contributed by atoms with Crippen LogP contribution in [0.1, 0.15) is 22.8 Å². The van der Waals surface area contributed by atoms with Crippen LogP contribution in [0, 0.1) is 0 Å². The summed E-state index contributed by atoms with van der Waals surface area (Å²) in [5.41, 5.74) is 0.942. The van der Waals surface area contributed by atoms with Crippen molar-refractivity contribution < 1.29 is 27.8 Å². The second kappa shape index (κ2) is 12.0. The van der Waals surface area contributed by atoms with Crippen molar-refractivity contribution in [2.75, 3.05) is 51.3 Å². The number of carbonyl (C=O) groups is 2. The third kappa shape index (κ3) is 5.78. The molecule has 3 aromatic heterocycles. The summed E-state index contributed by atoms with van der Waals surface area (Å²) in [5.74, 6) is -0.845. The molecule has 1 N–H and O–H groups in total. The minimum atomic E-state index is -3.11. The minimum Gasteiger partial charge on any atom is -0.434 e. The van der Waals surface area contributed by atoms with Crippen molar-refractivity contribution in [1.82, 2.24) is 34.2 Å². The van der Waals surface area contributed by atoms with E-state index in [1.807, 2.05) is 0 Å². The normalized spacial score (nSPS) is 17.9. The Bertz CT molecular complexity index is 1610. The smallest absolute Gasteiger partial charge is 0.387 e. The molecular weight excluding hydrogens is 574 g/mol. The summed E-state index contributed by atoms with van der Waals surface area (Å²) in [4.78, 5) is 35.1. The molecule has 2 amide bonds. The fraction of sp³-hybridized carbons (Fsp3) is 0.370. The third-order valence-electron chi connectivity index (χ3n) is 7.30. The van der Waals surface area contributed by atoms with Gasteiger partial charge in [0.15, 0.2) is 5.65 Å². The van der Waals surface area contributed by atoms with E-state index in [9.17, 15) is 18.4 Å². The van der Waals surface area contributed by atoms with Gasteiger partial charge in [-0.3, -0.25) is 19.2 Å². The van der Waals surface area contributed by atoms with Crippen molar-refractivity contribution in [3.8, 4) is 17.0 Å². The van der Waals surface area contributed by atoms with Gasteiger partial charge in [-0.1, -0.05) is 11.6 Å². The van der Waals surface area contributed by atoms with Crippen LogP contribution >= 0.6 is 11.6 Å². The number of alkyl halides is 2. The number of benzene rings is 1. The number of nitrogens with one attached hydrogen (secondary N) is 1. The molecule has 42 heavy (non-hydrogen) atoms. The number of anilines is 1. The molecule has 0 bridgehead atoms. The molecule has 12 nitrogen and oxygen atoms in total. The quantitative estimate of drug-likeness (QED) is 0.311. The van der Waals surface area contributed by atoms with Crippen molar-refractivity contribution in [1.29, 1.82) is 0 Å². The molecule has 6 rings (SSSR count). The van der Waals surface area contributed by atoms with Crippen LogP contribution in [-0.2, 0) is 9.53 Å². The van der Waals surface area contributed by atoms with E-state index >= 15 is 0 Å². The standard InChI is InChI=1S/C27H27ClF2N8O4/c28-17-2-3-22(42-27(29)30)18(14-17)23-20(33-25(39)19-15-32-37-6-1-5-31-24(19)37)16-38(34-23)21-4-7-36(26(21)40)9-8-35-10-12-41-13-11-35/h1-3,5-6,14-16,21,27H,4,7-13H2,(H,33,39)/t21-/m1/s1. The number of aromatic nitrogens is 5. The zero-order chi connectivity index (χ0) is 29.2. The van der Waals surface area contributed by atoms with Gasteiger partial charge in [0.2, 0.25) is 5.91 Å². The number of likely N-dealkylation sites (tertiary alicyclic amines) is 1. The SMILES string of the molecule is O=C(Nc1cn([C@@H]2CCN(CCN3CCOCC3)C2=O)nc1-c1cc(Cl)ccc1OC(F)F)c1cnn2cccnc12. The first kappa shape index (κ1) is 28.0. The van der Waals surface area contributed by atoms with Gasteiger partial charge in [0.05, 0.1) is 31.3 Å². The maximum atomic E-state index is 13.4. The molecule has 2 aliphatic heterocycles. The molecule has 2 fully saturated rings. The summed E-state index contributed by atoms with van der Waals surface area (Å²) in [7, 11) is 0. The molecule has 1 atom stereocenters. The zero-order valence-electron chi connectivity index (χ0n) is 22.3. The van der Waals surface area contributed by atoms with Crippen LogP contribution in [0.15, 0.2) is 49.1 Å². The Morgan fingerprint density at radius 1 is 1.21 bits per heavy atom. The highest BCUT2D eigenvalue weighted by Crippen LogP contribution is 2.38. The number of rotatable bonds is 9. The second-order valence-corrected chi connectivity index (χ2v) is 10.3. The first-order valence-electron chi connectivity index (χ1n) is 13.4. The Balaban J connectivity index is 1.31. The number of nitrogens with zero attached hydrogens (tertiary/aromatic N) is 7. The molecule has 0 spiro atoms. The summed E-state index contributed by atoms with van der Waals surface area (Å²) in [6, 6.07) is 5.17. The largest absolute Gasteiger partial charge is 0.434 e. The van der Waals surface area contributed by atoms with Gasteiger partial charge in [0.25, 0.3) is 5.91 Å². The summed E-state index contributed by atoms with van der Waals surface area (Å²) in [5, 5.41) is 11.8. The average molecular weight is 601 g/mol. The number of hydrogen-bond acceptors (Lipinski definition) is 8. The lowest BCUT2D eigenvalue weighted by atomic mass is 10.1. The molecule has 2 aliphatic rings. The summed E-state index contributed by atoms with van der Waals surface area (Å²) in [6.45, 7) is 1.72. The monoisotopic (exact) mass is 600 g/mol. The lowest BCUT2D eigenvalue weighted by Gasteiger charge is -2.28. The number of hydrogen-bond donors (Lipinski definition) is 1. The van der Waals surface area contributed by atoms with E-state index in [2.05, 4.69) is 25.4 Å². The molecule has 1 aromatic carbocycles. The van der Waals surface area contributed by atoms with Crippen LogP contribution < -0.4 is 10.1 Å². The highest BCUT2D eigenvalue weighted by Gasteiger charge is 2.35. The first-order chi connectivity index (χ1) is 20.4. The van der Waals surface area contributed by atoms with Crippen LogP contribution in [0.2, 0.25) is 5.02 Å². The van der Waals surface area contributed by atoms with Crippen molar-refractivity contribution >= 4 is 34.7 Å².